The van der Waals surface area contributed by atoms with Crippen LogP contribution >= 0.6 is 0 Å². The summed E-state index contributed by atoms with van der Waals surface area (Å²) in [7, 11) is 2.11. The molecule has 0 saturated carbocycles. The van der Waals surface area contributed by atoms with Crippen LogP contribution in [-0.4, -0.2) is 87.6 Å². The highest BCUT2D eigenvalue weighted by atomic mass is 16.2. The topological polar surface area (TPSA) is 74.6 Å². The van der Waals surface area contributed by atoms with Gasteiger partial charge in [-0.05, 0) is 26.3 Å². The molecule has 0 aromatic carbocycles. The van der Waals surface area contributed by atoms with Crippen LogP contribution in [0.3, 0.4) is 0 Å². The van der Waals surface area contributed by atoms with Gasteiger partial charge in [-0.3, -0.25) is 9.59 Å². The Hall–Kier alpha value is -1.96. The highest BCUT2D eigenvalue weighted by Gasteiger charge is 2.34. The monoisotopic (exact) mass is 374 g/mol. The number of aromatic nitrogens is 3. The molecule has 3 aliphatic rings. The second kappa shape index (κ2) is 7.58. The van der Waals surface area contributed by atoms with Crippen LogP contribution in [0.2, 0.25) is 0 Å². The van der Waals surface area contributed by atoms with Crippen molar-refractivity contribution >= 4 is 11.8 Å². The number of piperidine rings is 1. The Bertz CT molecular complexity index is 701. The molecule has 2 saturated heterocycles. The number of nitrogens with zero attached hydrogens (tertiary/aromatic N) is 6. The molecule has 27 heavy (non-hydrogen) atoms. The van der Waals surface area contributed by atoms with Crippen molar-refractivity contribution in [3.05, 3.63) is 11.6 Å². The van der Waals surface area contributed by atoms with Crippen molar-refractivity contribution in [1.82, 2.24) is 29.5 Å². The largest absolute Gasteiger partial charge is 0.343 e. The molecule has 1 aromatic rings. The SMILES string of the molecule is CC(=O)N1CCC(c2nnc3n2C[C@@H](C(=O)N2CCN(C)CC2)CC3)CC1. The molecule has 0 N–H and O–H groups in total. The highest BCUT2D eigenvalue weighted by molar-refractivity contribution is 5.79. The minimum absolute atomic E-state index is 0.0352. The minimum atomic E-state index is 0.0352. The van der Waals surface area contributed by atoms with Gasteiger partial charge in [0.1, 0.15) is 11.6 Å². The zero-order valence-electron chi connectivity index (χ0n) is 16.4. The van der Waals surface area contributed by atoms with E-state index >= 15 is 0 Å². The molecule has 4 rings (SSSR count). The lowest BCUT2D eigenvalue weighted by molar-refractivity contribution is -0.138. The Labute approximate surface area is 160 Å². The van der Waals surface area contributed by atoms with Crippen molar-refractivity contribution in [1.29, 1.82) is 0 Å². The number of hydrogen-bond donors (Lipinski definition) is 0. The van der Waals surface area contributed by atoms with Gasteiger partial charge in [-0.15, -0.1) is 10.2 Å². The third-order valence-electron chi connectivity index (χ3n) is 6.44. The van der Waals surface area contributed by atoms with Crippen LogP contribution < -0.4 is 0 Å². The number of likely N-dealkylation sites (N-methyl/N-ethyl adjacent to an activating group) is 1. The summed E-state index contributed by atoms with van der Waals surface area (Å²) >= 11 is 0. The van der Waals surface area contributed by atoms with Crippen molar-refractivity contribution in [2.24, 2.45) is 5.92 Å². The Morgan fingerprint density at radius 2 is 1.63 bits per heavy atom. The summed E-state index contributed by atoms with van der Waals surface area (Å²) < 4.78 is 2.20. The van der Waals surface area contributed by atoms with Crippen molar-refractivity contribution in [2.75, 3.05) is 46.3 Å². The smallest absolute Gasteiger partial charge is 0.227 e. The molecular weight excluding hydrogens is 344 g/mol. The number of rotatable bonds is 2. The summed E-state index contributed by atoms with van der Waals surface area (Å²) in [5, 5.41) is 8.89. The molecule has 0 aliphatic carbocycles. The molecule has 4 heterocycles. The van der Waals surface area contributed by atoms with Gasteiger partial charge >= 0.3 is 0 Å². The molecule has 0 unspecified atom stereocenters. The van der Waals surface area contributed by atoms with Gasteiger partial charge in [-0.1, -0.05) is 0 Å². The van der Waals surface area contributed by atoms with Crippen molar-refractivity contribution in [3.63, 3.8) is 0 Å². The van der Waals surface area contributed by atoms with Crippen LogP contribution in [0.15, 0.2) is 0 Å². The van der Waals surface area contributed by atoms with E-state index in [0.717, 1.165) is 76.6 Å². The van der Waals surface area contributed by atoms with Gasteiger partial charge in [0.2, 0.25) is 11.8 Å². The van der Waals surface area contributed by atoms with E-state index in [1.807, 2.05) is 9.80 Å². The second-order valence-electron chi connectivity index (χ2n) is 8.23. The lowest BCUT2D eigenvalue weighted by Crippen LogP contribution is -2.50. The van der Waals surface area contributed by atoms with Gasteiger partial charge in [-0.25, -0.2) is 0 Å². The molecule has 148 valence electrons. The molecule has 8 nitrogen and oxygen atoms in total. The first-order valence-corrected chi connectivity index (χ1v) is 10.2. The first-order valence-electron chi connectivity index (χ1n) is 10.2. The predicted octanol–water partition coefficient (Wildman–Crippen LogP) is 0.340. The summed E-state index contributed by atoms with van der Waals surface area (Å²) in [5.41, 5.74) is 0. The van der Waals surface area contributed by atoms with Gasteiger partial charge in [0.25, 0.3) is 0 Å². The molecule has 0 bridgehead atoms. The van der Waals surface area contributed by atoms with Crippen molar-refractivity contribution in [3.8, 4) is 0 Å². The maximum absolute atomic E-state index is 13.0. The second-order valence-corrected chi connectivity index (χ2v) is 8.23. The zero-order valence-corrected chi connectivity index (χ0v) is 16.4. The number of hydrogen-bond acceptors (Lipinski definition) is 5. The summed E-state index contributed by atoms with van der Waals surface area (Å²) in [6.45, 7) is 7.47. The van der Waals surface area contributed by atoms with Crippen LogP contribution in [0.25, 0.3) is 0 Å². The van der Waals surface area contributed by atoms with E-state index in [-0.39, 0.29) is 11.8 Å². The molecule has 2 amide bonds. The minimum Gasteiger partial charge on any atom is -0.343 e. The lowest BCUT2D eigenvalue weighted by atomic mass is 9.93. The molecule has 0 spiro atoms. The Balaban J connectivity index is 1.43. The standard InChI is InChI=1S/C19H30N6O2/c1-14(26)23-7-5-15(6-8-23)18-21-20-17-4-3-16(13-25(17)18)19(27)24-11-9-22(2)10-12-24/h15-16H,3-13H2,1-2H3/t16-/m0/s1. The maximum atomic E-state index is 13.0. The first-order chi connectivity index (χ1) is 13.0. The van der Waals surface area contributed by atoms with Crippen molar-refractivity contribution in [2.45, 2.75) is 45.1 Å². The highest BCUT2D eigenvalue weighted by Crippen LogP contribution is 2.31. The average molecular weight is 374 g/mol. The lowest BCUT2D eigenvalue weighted by Gasteiger charge is -2.36. The number of fused-ring (bicyclic) bond motifs is 1. The fourth-order valence-corrected chi connectivity index (χ4v) is 4.59. The van der Waals surface area contributed by atoms with E-state index in [9.17, 15) is 9.59 Å². The fourth-order valence-electron chi connectivity index (χ4n) is 4.59. The van der Waals surface area contributed by atoms with E-state index in [2.05, 4.69) is 26.7 Å². The van der Waals surface area contributed by atoms with Crippen LogP contribution in [0.1, 0.15) is 43.8 Å². The van der Waals surface area contributed by atoms with Gasteiger partial charge in [0.15, 0.2) is 0 Å². The third kappa shape index (κ3) is 3.72. The molecule has 8 heteroatoms. The fraction of sp³-hybridized carbons (Fsp3) is 0.789. The summed E-state index contributed by atoms with van der Waals surface area (Å²) in [5.74, 6) is 2.84. The number of piperazine rings is 1. The zero-order chi connectivity index (χ0) is 19.0. The molecule has 0 radical (unpaired) electrons. The van der Waals surface area contributed by atoms with Crippen LogP contribution in [0, 0.1) is 5.92 Å². The summed E-state index contributed by atoms with van der Waals surface area (Å²) in [6.07, 6.45) is 3.54. The number of likely N-dealkylation sites (tertiary alicyclic amines) is 1. The van der Waals surface area contributed by atoms with Gasteiger partial charge in [0.05, 0.1) is 5.92 Å². The average Bonchev–Trinajstić information content (AvgIpc) is 3.11. The Morgan fingerprint density at radius 1 is 0.926 bits per heavy atom. The third-order valence-corrected chi connectivity index (χ3v) is 6.44. The number of carbonyl (C=O) groups is 2. The van der Waals surface area contributed by atoms with Crippen LogP contribution in [0.4, 0.5) is 0 Å². The molecular formula is C19H30N6O2. The van der Waals surface area contributed by atoms with Crippen LogP contribution in [0.5, 0.6) is 0 Å². The van der Waals surface area contributed by atoms with E-state index in [4.69, 9.17) is 0 Å². The summed E-state index contributed by atoms with van der Waals surface area (Å²) in [6, 6.07) is 0. The normalized spacial score (nSPS) is 24.7. The van der Waals surface area contributed by atoms with E-state index in [0.29, 0.717) is 18.4 Å². The Kier molecular flexibility index (Phi) is 5.16. The molecule has 3 aliphatic heterocycles. The number of aryl methyl sites for hydroxylation is 1. The van der Waals surface area contributed by atoms with Crippen LogP contribution in [-0.2, 0) is 22.6 Å². The van der Waals surface area contributed by atoms with Gasteiger partial charge in [0, 0.05) is 65.1 Å². The van der Waals surface area contributed by atoms with E-state index < -0.39 is 0 Å². The van der Waals surface area contributed by atoms with E-state index in [1.54, 1.807) is 6.92 Å². The number of carbonyl (C=O) groups excluding carboxylic acids is 2. The molecule has 1 aromatic heterocycles. The summed E-state index contributed by atoms with van der Waals surface area (Å²) in [4.78, 5) is 30.8. The van der Waals surface area contributed by atoms with Gasteiger partial charge in [-0.2, -0.15) is 0 Å². The Morgan fingerprint density at radius 3 is 2.30 bits per heavy atom. The van der Waals surface area contributed by atoms with E-state index in [1.165, 1.54) is 0 Å². The molecule has 2 fully saturated rings. The van der Waals surface area contributed by atoms with Gasteiger partial charge < -0.3 is 19.3 Å². The van der Waals surface area contributed by atoms with Crippen molar-refractivity contribution < 1.29 is 9.59 Å². The first kappa shape index (κ1) is 18.4. The predicted molar refractivity (Wildman–Crippen MR) is 100 cm³/mol. The number of amides is 2. The molecule has 1 atom stereocenters. The quantitative estimate of drug-likeness (QED) is 0.746. The maximum Gasteiger partial charge on any atom is 0.227 e.